The van der Waals surface area contributed by atoms with E-state index in [0.717, 1.165) is 25.7 Å². The van der Waals surface area contributed by atoms with Gasteiger partial charge in [0.05, 0.1) is 6.10 Å². The lowest BCUT2D eigenvalue weighted by atomic mass is 9.93. The molecule has 2 amide bonds. The monoisotopic (exact) mass is 260 g/mol. The van der Waals surface area contributed by atoms with E-state index in [4.69, 9.17) is 0 Å². The highest BCUT2D eigenvalue weighted by Gasteiger charge is 2.26. The fourth-order valence-corrected chi connectivity index (χ4v) is 2.96. The van der Waals surface area contributed by atoms with Gasteiger partial charge in [0.2, 0.25) is 0 Å². The Balaban J connectivity index is 1.55. The van der Waals surface area contributed by atoms with Crippen LogP contribution in [0.25, 0.3) is 0 Å². The zero-order chi connectivity index (χ0) is 13.2. The van der Waals surface area contributed by atoms with E-state index in [1.54, 1.807) is 0 Å². The standard InChI is InChI=1S/C15H20N2O2/c18-14-7-5-13(6-8-14)16-15(19)17-9-11-3-1-2-4-12(11)10-17/h1-4,13-14,18H,5-10H2,(H,16,19). The minimum Gasteiger partial charge on any atom is -0.393 e. The number of amides is 2. The predicted octanol–water partition coefficient (Wildman–Crippen LogP) is 2.02. The van der Waals surface area contributed by atoms with Crippen molar-refractivity contribution in [2.24, 2.45) is 0 Å². The van der Waals surface area contributed by atoms with Crippen molar-refractivity contribution >= 4 is 6.03 Å². The molecule has 0 unspecified atom stereocenters. The summed E-state index contributed by atoms with van der Waals surface area (Å²) >= 11 is 0. The number of hydrogen-bond acceptors (Lipinski definition) is 2. The Morgan fingerprint density at radius 2 is 1.68 bits per heavy atom. The summed E-state index contributed by atoms with van der Waals surface area (Å²) in [5.41, 5.74) is 2.49. The molecule has 2 aliphatic rings. The Morgan fingerprint density at radius 1 is 1.11 bits per heavy atom. The molecule has 4 heteroatoms. The minimum absolute atomic E-state index is 0.0255. The van der Waals surface area contributed by atoms with Crippen LogP contribution in [0.3, 0.4) is 0 Å². The molecule has 1 aromatic carbocycles. The minimum atomic E-state index is -0.177. The number of carbonyl (C=O) groups is 1. The third-order valence-electron chi connectivity index (χ3n) is 4.15. The molecule has 19 heavy (non-hydrogen) atoms. The SMILES string of the molecule is O=C(NC1CCC(O)CC1)N1Cc2ccccc2C1. The summed E-state index contributed by atoms with van der Waals surface area (Å²) in [6, 6.07) is 8.45. The van der Waals surface area contributed by atoms with E-state index >= 15 is 0 Å². The molecule has 0 bridgehead atoms. The molecular weight excluding hydrogens is 240 g/mol. The fraction of sp³-hybridized carbons (Fsp3) is 0.533. The molecule has 0 aromatic heterocycles. The molecule has 1 aromatic rings. The van der Waals surface area contributed by atoms with Gasteiger partial charge < -0.3 is 15.3 Å². The van der Waals surface area contributed by atoms with Crippen LogP contribution in [0.15, 0.2) is 24.3 Å². The second kappa shape index (κ2) is 5.21. The number of urea groups is 1. The van der Waals surface area contributed by atoms with Crippen LogP contribution < -0.4 is 5.32 Å². The summed E-state index contributed by atoms with van der Waals surface area (Å²) in [6.07, 6.45) is 3.18. The molecule has 3 rings (SSSR count). The molecule has 0 spiro atoms. The molecule has 1 aliphatic carbocycles. The van der Waals surface area contributed by atoms with E-state index in [0.29, 0.717) is 13.1 Å². The summed E-state index contributed by atoms with van der Waals surface area (Å²) in [6.45, 7) is 1.41. The number of hydrogen-bond donors (Lipinski definition) is 2. The average Bonchev–Trinajstić information content (AvgIpc) is 2.85. The Bertz CT molecular complexity index is 442. The van der Waals surface area contributed by atoms with Crippen LogP contribution in [0.4, 0.5) is 4.79 Å². The van der Waals surface area contributed by atoms with E-state index in [1.165, 1.54) is 11.1 Å². The third-order valence-corrected chi connectivity index (χ3v) is 4.15. The Labute approximate surface area is 113 Å². The van der Waals surface area contributed by atoms with Crippen molar-refractivity contribution in [2.45, 2.75) is 50.9 Å². The maximum absolute atomic E-state index is 12.2. The van der Waals surface area contributed by atoms with Gasteiger partial charge in [0.1, 0.15) is 0 Å². The van der Waals surface area contributed by atoms with Gasteiger partial charge in [0, 0.05) is 19.1 Å². The lowest BCUT2D eigenvalue weighted by molar-refractivity contribution is 0.115. The highest BCUT2D eigenvalue weighted by Crippen LogP contribution is 2.23. The molecule has 0 saturated heterocycles. The van der Waals surface area contributed by atoms with Crippen LogP contribution in [0.1, 0.15) is 36.8 Å². The fourth-order valence-electron chi connectivity index (χ4n) is 2.96. The number of benzene rings is 1. The zero-order valence-electron chi connectivity index (χ0n) is 11.0. The summed E-state index contributed by atoms with van der Waals surface area (Å²) < 4.78 is 0. The molecule has 1 saturated carbocycles. The third kappa shape index (κ3) is 2.73. The molecule has 1 heterocycles. The van der Waals surface area contributed by atoms with Crippen LogP contribution in [-0.2, 0) is 13.1 Å². The first-order chi connectivity index (χ1) is 9.22. The van der Waals surface area contributed by atoms with Gasteiger partial charge in [-0.2, -0.15) is 0 Å². The van der Waals surface area contributed by atoms with Gasteiger partial charge in [-0.3, -0.25) is 0 Å². The van der Waals surface area contributed by atoms with Crippen LogP contribution in [0, 0.1) is 0 Å². The maximum atomic E-state index is 12.2. The number of nitrogens with zero attached hydrogens (tertiary/aromatic N) is 1. The van der Waals surface area contributed by atoms with Crippen LogP contribution in [0.2, 0.25) is 0 Å². The first-order valence-corrected chi connectivity index (χ1v) is 7.02. The lowest BCUT2D eigenvalue weighted by Gasteiger charge is -2.28. The second-order valence-corrected chi connectivity index (χ2v) is 5.58. The number of fused-ring (bicyclic) bond motifs is 1. The van der Waals surface area contributed by atoms with Crippen molar-refractivity contribution in [1.82, 2.24) is 10.2 Å². The lowest BCUT2D eigenvalue weighted by Crippen LogP contribution is -2.44. The van der Waals surface area contributed by atoms with Gasteiger partial charge in [-0.15, -0.1) is 0 Å². The van der Waals surface area contributed by atoms with Gasteiger partial charge in [0.25, 0.3) is 0 Å². The number of aliphatic hydroxyl groups is 1. The summed E-state index contributed by atoms with van der Waals surface area (Å²) in [5, 5.41) is 12.6. The largest absolute Gasteiger partial charge is 0.393 e. The normalized spacial score (nSPS) is 26.1. The molecule has 1 fully saturated rings. The molecule has 102 valence electrons. The first kappa shape index (κ1) is 12.5. The van der Waals surface area contributed by atoms with E-state index in [2.05, 4.69) is 17.4 Å². The van der Waals surface area contributed by atoms with Crippen molar-refractivity contribution in [3.05, 3.63) is 35.4 Å². The molecule has 2 N–H and O–H groups in total. The molecule has 4 nitrogen and oxygen atoms in total. The van der Waals surface area contributed by atoms with E-state index in [-0.39, 0.29) is 18.2 Å². The average molecular weight is 260 g/mol. The van der Waals surface area contributed by atoms with E-state index in [9.17, 15) is 9.90 Å². The Hall–Kier alpha value is -1.55. The summed E-state index contributed by atoms with van der Waals surface area (Å²) in [5.74, 6) is 0. The number of rotatable bonds is 1. The first-order valence-electron chi connectivity index (χ1n) is 7.02. The quantitative estimate of drug-likeness (QED) is 0.811. The van der Waals surface area contributed by atoms with Gasteiger partial charge in [0.15, 0.2) is 0 Å². The second-order valence-electron chi connectivity index (χ2n) is 5.58. The highest BCUT2D eigenvalue weighted by molar-refractivity contribution is 5.75. The van der Waals surface area contributed by atoms with Crippen LogP contribution >= 0.6 is 0 Å². The van der Waals surface area contributed by atoms with Crippen molar-refractivity contribution in [1.29, 1.82) is 0 Å². The van der Waals surface area contributed by atoms with Gasteiger partial charge in [-0.1, -0.05) is 24.3 Å². The highest BCUT2D eigenvalue weighted by atomic mass is 16.3. The van der Waals surface area contributed by atoms with Crippen molar-refractivity contribution in [2.75, 3.05) is 0 Å². The molecule has 1 aliphatic heterocycles. The van der Waals surface area contributed by atoms with Crippen LogP contribution in [0.5, 0.6) is 0 Å². The Kier molecular flexibility index (Phi) is 3.42. The van der Waals surface area contributed by atoms with Gasteiger partial charge in [-0.05, 0) is 36.8 Å². The van der Waals surface area contributed by atoms with E-state index in [1.807, 2.05) is 17.0 Å². The molecular formula is C15H20N2O2. The molecule has 0 radical (unpaired) electrons. The van der Waals surface area contributed by atoms with Gasteiger partial charge >= 0.3 is 6.03 Å². The maximum Gasteiger partial charge on any atom is 0.318 e. The molecule has 0 atom stereocenters. The number of carbonyl (C=O) groups excluding carboxylic acids is 1. The van der Waals surface area contributed by atoms with Crippen LogP contribution in [-0.4, -0.2) is 28.2 Å². The number of aliphatic hydroxyl groups excluding tert-OH is 1. The van der Waals surface area contributed by atoms with Gasteiger partial charge in [-0.25, -0.2) is 4.79 Å². The summed E-state index contributed by atoms with van der Waals surface area (Å²) in [4.78, 5) is 14.1. The Morgan fingerprint density at radius 3 is 2.26 bits per heavy atom. The van der Waals surface area contributed by atoms with Crippen molar-refractivity contribution < 1.29 is 9.90 Å². The number of nitrogens with one attached hydrogen (secondary N) is 1. The van der Waals surface area contributed by atoms with E-state index < -0.39 is 0 Å². The smallest absolute Gasteiger partial charge is 0.318 e. The zero-order valence-corrected chi connectivity index (χ0v) is 11.0. The topological polar surface area (TPSA) is 52.6 Å². The predicted molar refractivity (Wildman–Crippen MR) is 72.5 cm³/mol. The van der Waals surface area contributed by atoms with Crippen molar-refractivity contribution in [3.8, 4) is 0 Å². The summed E-state index contributed by atoms with van der Waals surface area (Å²) in [7, 11) is 0. The van der Waals surface area contributed by atoms with Crippen molar-refractivity contribution in [3.63, 3.8) is 0 Å².